The minimum atomic E-state index is -3.97. The number of nitrogens with one attached hydrogen (secondary N) is 3. The average molecular weight is 423 g/mol. The van der Waals surface area contributed by atoms with Gasteiger partial charge in [0.1, 0.15) is 5.75 Å². The molecule has 0 fully saturated rings. The van der Waals surface area contributed by atoms with Crippen LogP contribution in [0.4, 0.5) is 11.4 Å². The Balaban J connectivity index is 1.83. The number of fused-ring (bicyclic) bond motifs is 1. The zero-order valence-electron chi connectivity index (χ0n) is 12.3. The molecule has 1 aliphatic rings. The highest BCUT2D eigenvalue weighted by Gasteiger charge is 2.21. The molecule has 1 amide bonds. The number of rotatable bonds is 4. The van der Waals surface area contributed by atoms with Crippen LogP contribution in [0.15, 0.2) is 35.2 Å². The zero-order chi connectivity index (χ0) is 18.2. The van der Waals surface area contributed by atoms with Crippen molar-refractivity contribution in [2.24, 2.45) is 0 Å². The van der Waals surface area contributed by atoms with Crippen molar-refractivity contribution in [3.05, 3.63) is 45.4 Å². The van der Waals surface area contributed by atoms with E-state index in [1.54, 1.807) is 0 Å². The summed E-state index contributed by atoms with van der Waals surface area (Å²) in [5.74, 6) is 0.0168. The van der Waals surface area contributed by atoms with Crippen molar-refractivity contribution in [1.29, 1.82) is 0 Å². The standard InChI is InChI=1S/C14H10Cl3N3O4S/c15-7-3-9(16)14(10(17)4-7)19-20-25(22,23)8-1-2-12-11(5-8)18-13(21)6-24-12/h1-5,19-20H,6H2,(H,18,21). The van der Waals surface area contributed by atoms with Gasteiger partial charge in [-0.2, -0.15) is 0 Å². The maximum absolute atomic E-state index is 12.4. The molecular formula is C14H10Cl3N3O4S. The summed E-state index contributed by atoms with van der Waals surface area (Å²) in [6, 6.07) is 6.90. The van der Waals surface area contributed by atoms with E-state index in [0.717, 1.165) is 0 Å². The number of amides is 1. The maximum Gasteiger partial charge on any atom is 0.262 e. The fourth-order valence-electron chi connectivity index (χ4n) is 2.07. The van der Waals surface area contributed by atoms with Crippen LogP contribution in [0.5, 0.6) is 5.75 Å². The van der Waals surface area contributed by atoms with Gasteiger partial charge in [-0.25, -0.2) is 8.42 Å². The fraction of sp³-hybridized carbons (Fsp3) is 0.0714. The number of hydrazine groups is 1. The van der Waals surface area contributed by atoms with E-state index in [-0.39, 0.29) is 38.8 Å². The van der Waals surface area contributed by atoms with Crippen LogP contribution >= 0.6 is 34.8 Å². The maximum atomic E-state index is 12.4. The molecule has 132 valence electrons. The predicted molar refractivity (Wildman–Crippen MR) is 96.0 cm³/mol. The SMILES string of the molecule is O=C1COc2ccc(S(=O)(=O)NNc3c(Cl)cc(Cl)cc3Cl)cc2N1. The summed E-state index contributed by atoms with van der Waals surface area (Å²) in [4.78, 5) is 13.4. The van der Waals surface area contributed by atoms with Gasteiger partial charge < -0.3 is 15.5 Å². The molecule has 0 aromatic heterocycles. The van der Waals surface area contributed by atoms with Crippen molar-refractivity contribution in [2.75, 3.05) is 17.3 Å². The Morgan fingerprint density at radius 3 is 2.44 bits per heavy atom. The number of benzene rings is 2. The molecule has 0 bridgehead atoms. The van der Waals surface area contributed by atoms with E-state index in [2.05, 4.69) is 15.6 Å². The monoisotopic (exact) mass is 421 g/mol. The van der Waals surface area contributed by atoms with E-state index in [9.17, 15) is 13.2 Å². The summed E-state index contributed by atoms with van der Waals surface area (Å²) < 4.78 is 30.0. The van der Waals surface area contributed by atoms with Crippen molar-refractivity contribution in [3.63, 3.8) is 0 Å². The topological polar surface area (TPSA) is 96.5 Å². The molecule has 2 aromatic carbocycles. The normalized spacial score (nSPS) is 13.6. The summed E-state index contributed by atoms with van der Waals surface area (Å²) >= 11 is 17.8. The number of halogens is 3. The predicted octanol–water partition coefficient (Wildman–Crippen LogP) is 3.28. The molecule has 0 spiro atoms. The highest BCUT2D eigenvalue weighted by Crippen LogP contribution is 2.34. The van der Waals surface area contributed by atoms with Crippen molar-refractivity contribution in [3.8, 4) is 5.75 Å². The number of anilines is 2. The third kappa shape index (κ3) is 3.94. The molecule has 11 heteroatoms. The smallest absolute Gasteiger partial charge is 0.262 e. The Morgan fingerprint density at radius 2 is 1.76 bits per heavy atom. The Bertz CT molecular complexity index is 943. The number of sulfonamides is 1. The molecular weight excluding hydrogens is 413 g/mol. The Kier molecular flexibility index (Phi) is 4.99. The van der Waals surface area contributed by atoms with E-state index in [0.29, 0.717) is 10.8 Å². The van der Waals surface area contributed by atoms with E-state index < -0.39 is 10.0 Å². The average Bonchev–Trinajstić information content (AvgIpc) is 2.53. The Morgan fingerprint density at radius 1 is 1.08 bits per heavy atom. The minimum Gasteiger partial charge on any atom is -0.482 e. The van der Waals surface area contributed by atoms with E-state index in [1.807, 2.05) is 0 Å². The minimum absolute atomic E-state index is 0.0919. The van der Waals surface area contributed by atoms with Crippen LogP contribution in [0, 0.1) is 0 Å². The van der Waals surface area contributed by atoms with Crippen LogP contribution < -0.4 is 20.3 Å². The van der Waals surface area contributed by atoms with Crippen LogP contribution in [0.3, 0.4) is 0 Å². The molecule has 0 saturated carbocycles. The second kappa shape index (κ2) is 6.89. The van der Waals surface area contributed by atoms with Gasteiger partial charge in [-0.05, 0) is 30.3 Å². The molecule has 0 radical (unpaired) electrons. The van der Waals surface area contributed by atoms with Crippen molar-refractivity contribution in [1.82, 2.24) is 4.83 Å². The lowest BCUT2D eigenvalue weighted by molar-refractivity contribution is -0.118. The lowest BCUT2D eigenvalue weighted by atomic mass is 10.2. The van der Waals surface area contributed by atoms with Gasteiger partial charge in [-0.1, -0.05) is 34.8 Å². The molecule has 3 N–H and O–H groups in total. The van der Waals surface area contributed by atoms with Crippen LogP contribution in [-0.4, -0.2) is 20.9 Å². The first kappa shape index (κ1) is 18.1. The van der Waals surface area contributed by atoms with Gasteiger partial charge in [0, 0.05) is 5.02 Å². The summed E-state index contributed by atoms with van der Waals surface area (Å²) in [6.45, 7) is -0.119. The van der Waals surface area contributed by atoms with Gasteiger partial charge in [0.05, 0.1) is 26.3 Å². The molecule has 2 aromatic rings. The number of hydrogen-bond donors (Lipinski definition) is 3. The molecule has 0 aliphatic carbocycles. The van der Waals surface area contributed by atoms with Crippen molar-refractivity contribution >= 4 is 62.1 Å². The van der Waals surface area contributed by atoms with Crippen molar-refractivity contribution < 1.29 is 17.9 Å². The first-order valence-corrected chi connectivity index (χ1v) is 9.37. The zero-order valence-corrected chi connectivity index (χ0v) is 15.4. The second-order valence-corrected chi connectivity index (χ2v) is 7.90. The van der Waals surface area contributed by atoms with Crippen molar-refractivity contribution in [2.45, 2.75) is 4.90 Å². The quantitative estimate of drug-likeness (QED) is 0.657. The largest absolute Gasteiger partial charge is 0.482 e. The Labute approximate surface area is 158 Å². The van der Waals surface area contributed by atoms with Gasteiger partial charge in [0.15, 0.2) is 6.61 Å². The third-order valence-corrected chi connectivity index (χ3v) is 5.27. The fourth-order valence-corrected chi connectivity index (χ4v) is 3.85. The Hall–Kier alpha value is -1.71. The molecule has 25 heavy (non-hydrogen) atoms. The molecule has 1 heterocycles. The molecule has 0 unspecified atom stereocenters. The molecule has 0 atom stereocenters. The van der Waals surface area contributed by atoms with E-state index >= 15 is 0 Å². The first-order valence-electron chi connectivity index (χ1n) is 6.75. The summed E-state index contributed by atoms with van der Waals surface area (Å²) in [5.41, 5.74) is 2.88. The highest BCUT2D eigenvalue weighted by atomic mass is 35.5. The molecule has 7 nitrogen and oxygen atoms in total. The summed E-state index contributed by atoms with van der Waals surface area (Å²) in [5, 5.41) is 3.14. The van der Waals surface area contributed by atoms with Crippen LogP contribution in [0.1, 0.15) is 0 Å². The van der Waals surface area contributed by atoms with E-state index in [1.165, 1.54) is 30.3 Å². The first-order chi connectivity index (χ1) is 11.8. The molecule has 1 aliphatic heterocycles. The van der Waals surface area contributed by atoms with Crippen LogP contribution in [-0.2, 0) is 14.8 Å². The third-order valence-electron chi connectivity index (χ3n) is 3.21. The lowest BCUT2D eigenvalue weighted by Gasteiger charge is -2.19. The molecule has 0 saturated heterocycles. The van der Waals surface area contributed by atoms with Gasteiger partial charge in [0.2, 0.25) is 0 Å². The summed E-state index contributed by atoms with van der Waals surface area (Å²) in [7, 11) is -3.97. The second-order valence-electron chi connectivity index (χ2n) is 4.97. The number of ether oxygens (including phenoxy) is 1. The van der Waals surface area contributed by atoms with E-state index in [4.69, 9.17) is 39.5 Å². The van der Waals surface area contributed by atoms with Gasteiger partial charge >= 0.3 is 0 Å². The van der Waals surface area contributed by atoms with Crippen LogP contribution in [0.25, 0.3) is 0 Å². The van der Waals surface area contributed by atoms with Gasteiger partial charge in [0.25, 0.3) is 15.9 Å². The lowest BCUT2D eigenvalue weighted by Crippen LogP contribution is -2.30. The number of carbonyl (C=O) groups excluding carboxylic acids is 1. The number of carbonyl (C=O) groups is 1. The van der Waals surface area contributed by atoms with Gasteiger partial charge in [-0.3, -0.25) is 4.79 Å². The molecule has 3 rings (SSSR count). The van der Waals surface area contributed by atoms with Gasteiger partial charge in [-0.15, -0.1) is 4.83 Å². The highest BCUT2D eigenvalue weighted by molar-refractivity contribution is 7.89. The van der Waals surface area contributed by atoms with Crippen LogP contribution in [0.2, 0.25) is 15.1 Å². The summed E-state index contributed by atoms with van der Waals surface area (Å²) in [6.07, 6.45) is 0. The number of hydrogen-bond acceptors (Lipinski definition) is 5.